The molecule has 1 aromatic rings. The van der Waals surface area contributed by atoms with Crippen molar-refractivity contribution in [3.63, 3.8) is 0 Å². The third kappa shape index (κ3) is 2.59. The Kier molecular flexibility index (Phi) is 3.51. The number of benzene rings is 1. The molecule has 0 heterocycles. The van der Waals surface area contributed by atoms with Crippen LogP contribution in [0.5, 0.6) is 0 Å². The predicted molar refractivity (Wildman–Crippen MR) is 60.5 cm³/mol. The molecule has 0 aromatic heterocycles. The summed E-state index contributed by atoms with van der Waals surface area (Å²) >= 11 is 0. The zero-order valence-electron chi connectivity index (χ0n) is 8.38. The molecule has 0 heteroatoms. The first-order valence-electron chi connectivity index (χ1n) is 4.66. The normalized spacial score (nSPS) is 11.4. The van der Waals surface area contributed by atoms with Gasteiger partial charge in [-0.15, -0.1) is 0 Å². The molecule has 0 bridgehead atoms. The van der Waals surface area contributed by atoms with E-state index in [4.69, 9.17) is 0 Å². The molecule has 1 aromatic carbocycles. The Labute approximate surface area is 80.6 Å². The smallest absolute Gasteiger partial charge is 0.0185 e. The van der Waals surface area contributed by atoms with Gasteiger partial charge in [0.05, 0.1) is 0 Å². The summed E-state index contributed by atoms with van der Waals surface area (Å²) in [6, 6.07) is 8.30. The number of hydrogen-bond donors (Lipinski definition) is 0. The van der Waals surface area contributed by atoms with Crippen LogP contribution in [0.15, 0.2) is 36.4 Å². The highest BCUT2D eigenvalue weighted by Crippen LogP contribution is 2.15. The largest absolute Gasteiger partial charge is 0.0984 e. The van der Waals surface area contributed by atoms with Gasteiger partial charge in [-0.3, -0.25) is 0 Å². The summed E-state index contributed by atoms with van der Waals surface area (Å²) in [5.74, 6) is 0. The Bertz CT molecular complexity index is 319. The van der Waals surface area contributed by atoms with Gasteiger partial charge in [0, 0.05) is 0 Å². The standard InChI is InChI=1S/C13H16/c1-4-11(3)10-13-9-7-6-8-12(13)5-2/h5-10H,2,4H2,1,3H3/b11-10-. The van der Waals surface area contributed by atoms with E-state index in [1.807, 2.05) is 12.1 Å². The minimum absolute atomic E-state index is 1.10. The molecule has 0 N–H and O–H groups in total. The highest BCUT2D eigenvalue weighted by Gasteiger charge is 1.93. The lowest BCUT2D eigenvalue weighted by molar-refractivity contribution is 1.11. The van der Waals surface area contributed by atoms with Gasteiger partial charge >= 0.3 is 0 Å². The topological polar surface area (TPSA) is 0 Å². The highest BCUT2D eigenvalue weighted by atomic mass is 14.0. The third-order valence-corrected chi connectivity index (χ3v) is 2.18. The molecule has 68 valence electrons. The summed E-state index contributed by atoms with van der Waals surface area (Å²) in [6.07, 6.45) is 5.22. The molecular weight excluding hydrogens is 156 g/mol. The Morgan fingerprint density at radius 2 is 1.92 bits per heavy atom. The van der Waals surface area contributed by atoms with Crippen molar-refractivity contribution in [3.8, 4) is 0 Å². The third-order valence-electron chi connectivity index (χ3n) is 2.18. The van der Waals surface area contributed by atoms with E-state index in [1.165, 1.54) is 16.7 Å². The van der Waals surface area contributed by atoms with E-state index < -0.39 is 0 Å². The van der Waals surface area contributed by atoms with Crippen LogP contribution in [0, 0.1) is 0 Å². The monoisotopic (exact) mass is 172 g/mol. The summed E-state index contributed by atoms with van der Waals surface area (Å²) in [4.78, 5) is 0. The van der Waals surface area contributed by atoms with Crippen LogP contribution in [0.2, 0.25) is 0 Å². The second-order valence-corrected chi connectivity index (χ2v) is 3.18. The quantitative estimate of drug-likeness (QED) is 0.642. The molecule has 0 aliphatic heterocycles. The maximum absolute atomic E-state index is 3.80. The van der Waals surface area contributed by atoms with Crippen LogP contribution in [-0.4, -0.2) is 0 Å². The van der Waals surface area contributed by atoms with E-state index in [9.17, 15) is 0 Å². The predicted octanol–water partition coefficient (Wildman–Crippen LogP) is 4.14. The van der Waals surface area contributed by atoms with Gasteiger partial charge in [0.25, 0.3) is 0 Å². The summed E-state index contributed by atoms with van der Waals surface area (Å²) in [5.41, 5.74) is 3.86. The van der Waals surface area contributed by atoms with Gasteiger partial charge < -0.3 is 0 Å². The molecule has 0 spiro atoms. The number of allylic oxidation sites excluding steroid dienone is 1. The van der Waals surface area contributed by atoms with Crippen LogP contribution in [0.3, 0.4) is 0 Å². The first-order valence-corrected chi connectivity index (χ1v) is 4.66. The fraction of sp³-hybridized carbons (Fsp3) is 0.231. The van der Waals surface area contributed by atoms with E-state index in [2.05, 4.69) is 44.7 Å². The van der Waals surface area contributed by atoms with Crippen molar-refractivity contribution in [2.24, 2.45) is 0 Å². The van der Waals surface area contributed by atoms with Gasteiger partial charge in [-0.25, -0.2) is 0 Å². The molecule has 1 rings (SSSR count). The fourth-order valence-electron chi connectivity index (χ4n) is 1.20. The fourth-order valence-corrected chi connectivity index (χ4v) is 1.20. The van der Waals surface area contributed by atoms with E-state index in [-0.39, 0.29) is 0 Å². The van der Waals surface area contributed by atoms with E-state index in [0.29, 0.717) is 0 Å². The molecule has 0 amide bonds. The van der Waals surface area contributed by atoms with Crippen molar-refractivity contribution >= 4 is 12.2 Å². The Hall–Kier alpha value is -1.30. The first-order chi connectivity index (χ1) is 6.27. The average molecular weight is 172 g/mol. The van der Waals surface area contributed by atoms with Crippen molar-refractivity contribution in [1.29, 1.82) is 0 Å². The molecule has 0 radical (unpaired) electrons. The Morgan fingerprint density at radius 1 is 1.31 bits per heavy atom. The minimum atomic E-state index is 1.10. The second kappa shape index (κ2) is 4.66. The van der Waals surface area contributed by atoms with Gasteiger partial charge in [0.15, 0.2) is 0 Å². The second-order valence-electron chi connectivity index (χ2n) is 3.18. The molecule has 0 atom stereocenters. The SMILES string of the molecule is C=Cc1ccccc1/C=C(/C)CC. The van der Waals surface area contributed by atoms with Gasteiger partial charge in [-0.05, 0) is 24.5 Å². The van der Waals surface area contributed by atoms with Crippen molar-refractivity contribution < 1.29 is 0 Å². The summed E-state index contributed by atoms with van der Waals surface area (Å²) in [5, 5.41) is 0. The molecule has 0 saturated heterocycles. The summed E-state index contributed by atoms with van der Waals surface area (Å²) in [7, 11) is 0. The zero-order chi connectivity index (χ0) is 9.68. The molecule has 13 heavy (non-hydrogen) atoms. The van der Waals surface area contributed by atoms with Crippen LogP contribution < -0.4 is 0 Å². The Morgan fingerprint density at radius 3 is 2.46 bits per heavy atom. The molecule has 0 aliphatic rings. The number of rotatable bonds is 3. The van der Waals surface area contributed by atoms with Gasteiger partial charge in [-0.1, -0.05) is 55.5 Å². The van der Waals surface area contributed by atoms with Gasteiger partial charge in [-0.2, -0.15) is 0 Å². The van der Waals surface area contributed by atoms with Gasteiger partial charge in [0.1, 0.15) is 0 Å². The van der Waals surface area contributed by atoms with E-state index in [0.717, 1.165) is 6.42 Å². The van der Waals surface area contributed by atoms with Crippen LogP contribution in [0.25, 0.3) is 12.2 Å². The van der Waals surface area contributed by atoms with Crippen molar-refractivity contribution in [1.82, 2.24) is 0 Å². The maximum atomic E-state index is 3.80. The zero-order valence-corrected chi connectivity index (χ0v) is 8.38. The molecule has 0 aliphatic carbocycles. The van der Waals surface area contributed by atoms with Crippen LogP contribution in [0.4, 0.5) is 0 Å². The summed E-state index contributed by atoms with van der Waals surface area (Å²) < 4.78 is 0. The average Bonchev–Trinajstić information content (AvgIpc) is 2.18. The van der Waals surface area contributed by atoms with Crippen LogP contribution >= 0.6 is 0 Å². The molecule has 0 saturated carbocycles. The molecule has 0 nitrogen and oxygen atoms in total. The lowest BCUT2D eigenvalue weighted by Crippen LogP contribution is -1.80. The maximum Gasteiger partial charge on any atom is -0.0185 e. The lowest BCUT2D eigenvalue weighted by Gasteiger charge is -2.01. The molecule has 0 fully saturated rings. The summed E-state index contributed by atoms with van der Waals surface area (Å²) in [6.45, 7) is 8.12. The highest BCUT2D eigenvalue weighted by molar-refractivity contribution is 5.65. The number of hydrogen-bond acceptors (Lipinski definition) is 0. The lowest BCUT2D eigenvalue weighted by atomic mass is 10.0. The molecule has 0 unspecified atom stereocenters. The van der Waals surface area contributed by atoms with Crippen molar-refractivity contribution in [2.75, 3.05) is 0 Å². The Balaban J connectivity index is 3.06. The first kappa shape index (κ1) is 9.79. The van der Waals surface area contributed by atoms with Crippen molar-refractivity contribution in [2.45, 2.75) is 20.3 Å². The minimum Gasteiger partial charge on any atom is -0.0984 e. The van der Waals surface area contributed by atoms with E-state index in [1.54, 1.807) is 0 Å². The van der Waals surface area contributed by atoms with E-state index >= 15 is 0 Å². The van der Waals surface area contributed by atoms with Gasteiger partial charge in [0.2, 0.25) is 0 Å². The van der Waals surface area contributed by atoms with Crippen molar-refractivity contribution in [3.05, 3.63) is 47.5 Å². The molecular formula is C13H16. The van der Waals surface area contributed by atoms with Crippen LogP contribution in [-0.2, 0) is 0 Å². The van der Waals surface area contributed by atoms with Crippen LogP contribution in [0.1, 0.15) is 31.4 Å².